The first kappa shape index (κ1) is 11.2. The van der Waals surface area contributed by atoms with Gasteiger partial charge in [-0.1, -0.05) is 0 Å². The average Bonchev–Trinajstić information content (AvgIpc) is 2.09. The van der Waals surface area contributed by atoms with Crippen molar-refractivity contribution >= 4 is 11.5 Å². The number of nitro benzene ring substituents is 1. The normalized spacial score (nSPS) is 10.1. The summed E-state index contributed by atoms with van der Waals surface area (Å²) in [7, 11) is 0. The Balaban J connectivity index is 3.19. The van der Waals surface area contributed by atoms with Crippen molar-refractivity contribution < 1.29 is 18.5 Å². The lowest BCUT2D eigenvalue weighted by Gasteiger charge is -2.01. The number of halogens is 2. The SMILES string of the molecule is CC(=O)Cc1cc(F)c([N+](=O)[O-])cc1F. The maximum Gasteiger partial charge on any atom is 0.307 e. The lowest BCUT2D eigenvalue weighted by molar-refractivity contribution is -0.387. The number of benzene rings is 1. The molecule has 0 heterocycles. The van der Waals surface area contributed by atoms with Crippen LogP contribution in [-0.4, -0.2) is 10.7 Å². The summed E-state index contributed by atoms with van der Waals surface area (Å²) in [6, 6.07) is 1.16. The molecule has 0 aliphatic rings. The molecule has 80 valence electrons. The molecule has 0 N–H and O–H groups in total. The van der Waals surface area contributed by atoms with Crippen molar-refractivity contribution in [2.24, 2.45) is 0 Å². The van der Waals surface area contributed by atoms with E-state index in [9.17, 15) is 23.7 Å². The fraction of sp³-hybridized carbons (Fsp3) is 0.222. The summed E-state index contributed by atoms with van der Waals surface area (Å²) in [4.78, 5) is 19.9. The van der Waals surface area contributed by atoms with Gasteiger partial charge in [0.1, 0.15) is 11.6 Å². The summed E-state index contributed by atoms with van der Waals surface area (Å²) in [5, 5.41) is 10.2. The van der Waals surface area contributed by atoms with E-state index in [0.717, 1.165) is 0 Å². The van der Waals surface area contributed by atoms with Gasteiger partial charge in [0.25, 0.3) is 0 Å². The highest BCUT2D eigenvalue weighted by Gasteiger charge is 2.18. The number of rotatable bonds is 3. The van der Waals surface area contributed by atoms with Gasteiger partial charge in [-0.05, 0) is 18.6 Å². The highest BCUT2D eigenvalue weighted by molar-refractivity contribution is 5.78. The van der Waals surface area contributed by atoms with Gasteiger partial charge < -0.3 is 0 Å². The summed E-state index contributed by atoms with van der Waals surface area (Å²) >= 11 is 0. The molecule has 0 radical (unpaired) electrons. The average molecular weight is 215 g/mol. The van der Waals surface area contributed by atoms with Gasteiger partial charge in [0, 0.05) is 6.42 Å². The fourth-order valence-electron chi connectivity index (χ4n) is 1.12. The van der Waals surface area contributed by atoms with Crippen molar-refractivity contribution in [3.8, 4) is 0 Å². The molecule has 0 bridgehead atoms. The highest BCUT2D eigenvalue weighted by atomic mass is 19.1. The van der Waals surface area contributed by atoms with E-state index >= 15 is 0 Å². The second-order valence-corrected chi connectivity index (χ2v) is 3.03. The molecule has 1 aromatic carbocycles. The first-order chi connectivity index (χ1) is 6.91. The maximum absolute atomic E-state index is 13.1. The molecule has 0 aromatic heterocycles. The van der Waals surface area contributed by atoms with E-state index in [2.05, 4.69) is 0 Å². The van der Waals surface area contributed by atoms with Crippen molar-refractivity contribution in [2.45, 2.75) is 13.3 Å². The van der Waals surface area contributed by atoms with Crippen LogP contribution in [0.2, 0.25) is 0 Å². The summed E-state index contributed by atoms with van der Waals surface area (Å²) in [6.07, 6.45) is -0.277. The van der Waals surface area contributed by atoms with Crippen LogP contribution < -0.4 is 0 Å². The van der Waals surface area contributed by atoms with Crippen LogP contribution in [0.3, 0.4) is 0 Å². The maximum atomic E-state index is 13.1. The second-order valence-electron chi connectivity index (χ2n) is 3.03. The molecule has 1 aromatic rings. The van der Waals surface area contributed by atoms with Gasteiger partial charge in [-0.3, -0.25) is 14.9 Å². The van der Waals surface area contributed by atoms with Crippen LogP contribution in [0.25, 0.3) is 0 Å². The fourth-order valence-corrected chi connectivity index (χ4v) is 1.12. The first-order valence-electron chi connectivity index (χ1n) is 4.03. The summed E-state index contributed by atoms with van der Waals surface area (Å²) < 4.78 is 26.1. The molecular weight excluding hydrogens is 208 g/mol. The minimum absolute atomic E-state index is 0.175. The van der Waals surface area contributed by atoms with Crippen LogP contribution in [0.4, 0.5) is 14.5 Å². The Hall–Kier alpha value is -1.85. The Bertz CT molecular complexity index is 432. The number of nitrogens with zero attached hydrogens (tertiary/aromatic N) is 1. The largest absolute Gasteiger partial charge is 0.307 e. The summed E-state index contributed by atoms with van der Waals surface area (Å²) in [5.41, 5.74) is -1.11. The van der Waals surface area contributed by atoms with E-state index in [-0.39, 0.29) is 17.8 Å². The van der Waals surface area contributed by atoms with E-state index in [1.54, 1.807) is 0 Å². The Labute approximate surface area is 83.7 Å². The Morgan fingerprint density at radius 1 is 1.40 bits per heavy atom. The van der Waals surface area contributed by atoms with Gasteiger partial charge in [0.05, 0.1) is 11.0 Å². The lowest BCUT2D eigenvalue weighted by Crippen LogP contribution is -2.02. The molecule has 15 heavy (non-hydrogen) atoms. The van der Waals surface area contributed by atoms with Crippen LogP contribution in [0.1, 0.15) is 12.5 Å². The molecule has 0 spiro atoms. The van der Waals surface area contributed by atoms with Crippen molar-refractivity contribution in [2.75, 3.05) is 0 Å². The number of nitro groups is 1. The van der Waals surface area contributed by atoms with E-state index in [0.29, 0.717) is 12.1 Å². The highest BCUT2D eigenvalue weighted by Crippen LogP contribution is 2.21. The molecule has 0 fully saturated rings. The molecule has 1 rings (SSSR count). The predicted octanol–water partition coefficient (Wildman–Crippen LogP) is 2.00. The minimum Gasteiger partial charge on any atom is -0.300 e. The molecule has 0 atom stereocenters. The van der Waals surface area contributed by atoms with Crippen LogP contribution in [0.5, 0.6) is 0 Å². The molecule has 0 saturated carbocycles. The number of carbonyl (C=O) groups excluding carboxylic acids is 1. The van der Waals surface area contributed by atoms with Crippen molar-refractivity contribution in [3.05, 3.63) is 39.4 Å². The van der Waals surface area contributed by atoms with Gasteiger partial charge in [-0.25, -0.2) is 4.39 Å². The topological polar surface area (TPSA) is 60.2 Å². The van der Waals surface area contributed by atoms with Gasteiger partial charge in [-0.15, -0.1) is 0 Å². The molecule has 6 heteroatoms. The van der Waals surface area contributed by atoms with Crippen molar-refractivity contribution in [3.63, 3.8) is 0 Å². The monoisotopic (exact) mass is 215 g/mol. The number of hydrogen-bond donors (Lipinski definition) is 0. The quantitative estimate of drug-likeness (QED) is 0.572. The number of Topliss-reactive ketones (excluding diaryl/α,β-unsaturated/α-hetero) is 1. The minimum atomic E-state index is -1.14. The number of hydrogen-bond acceptors (Lipinski definition) is 3. The number of carbonyl (C=O) groups is 1. The Morgan fingerprint density at radius 2 is 2.00 bits per heavy atom. The molecule has 4 nitrogen and oxygen atoms in total. The molecule has 0 amide bonds. The summed E-state index contributed by atoms with van der Waals surface area (Å²) in [5.74, 6) is -2.43. The second kappa shape index (κ2) is 4.12. The zero-order valence-corrected chi connectivity index (χ0v) is 7.79. The molecule has 0 aliphatic heterocycles. The molecule has 0 unspecified atom stereocenters. The third-order valence-corrected chi connectivity index (χ3v) is 1.75. The number of ketones is 1. The third kappa shape index (κ3) is 2.55. The first-order valence-corrected chi connectivity index (χ1v) is 4.03. The van der Waals surface area contributed by atoms with Gasteiger partial charge in [0.2, 0.25) is 5.82 Å². The molecular formula is C9H7F2NO3. The molecule has 0 aliphatic carbocycles. The standard InChI is InChI=1S/C9H7F2NO3/c1-5(13)2-6-3-8(11)9(12(14)15)4-7(6)10/h3-4H,2H2,1H3. The Kier molecular flexibility index (Phi) is 3.08. The third-order valence-electron chi connectivity index (χ3n) is 1.75. The van der Waals surface area contributed by atoms with E-state index in [1.807, 2.05) is 0 Å². The Morgan fingerprint density at radius 3 is 2.47 bits per heavy atom. The van der Waals surface area contributed by atoms with Crippen LogP contribution in [-0.2, 0) is 11.2 Å². The van der Waals surface area contributed by atoms with Crippen LogP contribution in [0.15, 0.2) is 12.1 Å². The van der Waals surface area contributed by atoms with Crippen LogP contribution in [0, 0.1) is 21.7 Å². The van der Waals surface area contributed by atoms with Gasteiger partial charge >= 0.3 is 5.69 Å². The van der Waals surface area contributed by atoms with Gasteiger partial charge in [-0.2, -0.15) is 4.39 Å². The van der Waals surface area contributed by atoms with Crippen LogP contribution >= 0.6 is 0 Å². The van der Waals surface area contributed by atoms with Gasteiger partial charge in [0.15, 0.2) is 0 Å². The van der Waals surface area contributed by atoms with E-state index in [4.69, 9.17) is 0 Å². The summed E-state index contributed by atoms with van der Waals surface area (Å²) in [6.45, 7) is 1.22. The zero-order chi connectivity index (χ0) is 11.6. The predicted molar refractivity (Wildman–Crippen MR) is 47.4 cm³/mol. The smallest absolute Gasteiger partial charge is 0.300 e. The van der Waals surface area contributed by atoms with E-state index < -0.39 is 22.2 Å². The lowest BCUT2D eigenvalue weighted by atomic mass is 10.1. The van der Waals surface area contributed by atoms with Crippen molar-refractivity contribution in [1.82, 2.24) is 0 Å². The van der Waals surface area contributed by atoms with E-state index in [1.165, 1.54) is 6.92 Å². The van der Waals surface area contributed by atoms with Crippen molar-refractivity contribution in [1.29, 1.82) is 0 Å². The zero-order valence-electron chi connectivity index (χ0n) is 7.79. The molecule has 0 saturated heterocycles.